The van der Waals surface area contributed by atoms with E-state index in [0.29, 0.717) is 0 Å². The topological polar surface area (TPSA) is 23.6 Å². The van der Waals surface area contributed by atoms with E-state index in [0.717, 1.165) is 37.8 Å². The van der Waals surface area contributed by atoms with Gasteiger partial charge >= 0.3 is 6.03 Å². The molecule has 1 fully saturated rings. The minimum Gasteiger partial charge on any atom is -0.326 e. The van der Waals surface area contributed by atoms with Gasteiger partial charge < -0.3 is 9.80 Å². The molecule has 4 heteroatoms. The lowest BCUT2D eigenvalue weighted by molar-refractivity contribution is 0.198. The van der Waals surface area contributed by atoms with Crippen LogP contribution in [0.2, 0.25) is 0 Å². The van der Waals surface area contributed by atoms with Crippen molar-refractivity contribution in [1.29, 1.82) is 0 Å². The lowest BCUT2D eigenvalue weighted by Gasteiger charge is -2.14. The first-order valence-corrected chi connectivity index (χ1v) is 5.44. The van der Waals surface area contributed by atoms with Crippen molar-refractivity contribution in [3.63, 3.8) is 0 Å². The monoisotopic (exact) mass is 234 g/mol. The number of rotatable bonds is 4. The Balaban J connectivity index is 2.20. The van der Waals surface area contributed by atoms with E-state index in [-0.39, 0.29) is 6.03 Å². The van der Waals surface area contributed by atoms with Crippen LogP contribution in [0.1, 0.15) is 12.8 Å². The summed E-state index contributed by atoms with van der Waals surface area (Å²) in [5, 5.41) is 1.03. The van der Waals surface area contributed by atoms with E-state index in [9.17, 15) is 4.79 Å². The first-order chi connectivity index (χ1) is 5.75. The third-order valence-electron chi connectivity index (χ3n) is 2.11. The quantitative estimate of drug-likeness (QED) is 0.535. The second kappa shape index (κ2) is 4.70. The number of nitrogens with zero attached hydrogens (tertiary/aromatic N) is 2. The Morgan fingerprint density at radius 1 is 1.42 bits per heavy atom. The van der Waals surface area contributed by atoms with E-state index < -0.39 is 0 Å². The van der Waals surface area contributed by atoms with Crippen molar-refractivity contribution in [1.82, 2.24) is 9.80 Å². The Hall–Kier alpha value is -0.250. The van der Waals surface area contributed by atoms with E-state index in [1.165, 1.54) is 0 Å². The molecular weight excluding hydrogens is 220 g/mol. The zero-order valence-corrected chi connectivity index (χ0v) is 9.01. The molecule has 70 valence electrons. The number of carbonyl (C=O) groups is 1. The number of unbranched alkanes of at least 4 members (excludes halogenated alkanes) is 1. The predicted molar refractivity (Wildman–Crippen MR) is 52.6 cm³/mol. The number of halogens is 1. The summed E-state index contributed by atoms with van der Waals surface area (Å²) < 4.78 is 0. The van der Waals surface area contributed by atoms with E-state index in [1.54, 1.807) is 4.90 Å². The summed E-state index contributed by atoms with van der Waals surface area (Å²) >= 11 is 3.37. The van der Waals surface area contributed by atoms with Gasteiger partial charge in [-0.3, -0.25) is 0 Å². The molecule has 0 aliphatic carbocycles. The number of hydrogen-bond donors (Lipinski definition) is 0. The molecule has 3 nitrogen and oxygen atoms in total. The van der Waals surface area contributed by atoms with Crippen LogP contribution in [0.3, 0.4) is 0 Å². The molecule has 1 heterocycles. The second-order valence-corrected chi connectivity index (χ2v) is 3.88. The maximum absolute atomic E-state index is 11.3. The van der Waals surface area contributed by atoms with Gasteiger partial charge in [-0.1, -0.05) is 15.9 Å². The minimum absolute atomic E-state index is 0.185. The molecule has 1 aliphatic rings. The number of hydrogen-bond acceptors (Lipinski definition) is 1. The van der Waals surface area contributed by atoms with Crippen LogP contribution in [-0.4, -0.2) is 47.8 Å². The first-order valence-electron chi connectivity index (χ1n) is 4.31. The highest BCUT2D eigenvalue weighted by Crippen LogP contribution is 2.07. The summed E-state index contributed by atoms with van der Waals surface area (Å²) in [7, 11) is 1.85. The van der Waals surface area contributed by atoms with Crippen molar-refractivity contribution in [2.75, 3.05) is 32.0 Å². The van der Waals surface area contributed by atoms with Gasteiger partial charge in [0.1, 0.15) is 0 Å². The van der Waals surface area contributed by atoms with Gasteiger partial charge in [-0.05, 0) is 12.8 Å². The van der Waals surface area contributed by atoms with Crippen LogP contribution < -0.4 is 0 Å². The fraction of sp³-hybridized carbons (Fsp3) is 0.875. The fourth-order valence-corrected chi connectivity index (χ4v) is 1.70. The van der Waals surface area contributed by atoms with Gasteiger partial charge in [0.15, 0.2) is 0 Å². The second-order valence-electron chi connectivity index (χ2n) is 3.09. The Kier molecular flexibility index (Phi) is 3.85. The van der Waals surface area contributed by atoms with Crippen LogP contribution in [-0.2, 0) is 0 Å². The van der Waals surface area contributed by atoms with Crippen molar-refractivity contribution in [2.24, 2.45) is 0 Å². The van der Waals surface area contributed by atoms with Crippen LogP contribution >= 0.6 is 15.9 Å². The van der Waals surface area contributed by atoms with Crippen molar-refractivity contribution < 1.29 is 4.79 Å². The molecule has 0 atom stereocenters. The SMILES string of the molecule is CN1CCN(CCCCBr)C1=O. The lowest BCUT2D eigenvalue weighted by Crippen LogP contribution is -2.30. The van der Waals surface area contributed by atoms with Crippen LogP contribution in [0.4, 0.5) is 4.79 Å². The number of urea groups is 1. The molecule has 0 unspecified atom stereocenters. The third-order valence-corrected chi connectivity index (χ3v) is 2.67. The molecule has 12 heavy (non-hydrogen) atoms. The third kappa shape index (κ3) is 2.37. The highest BCUT2D eigenvalue weighted by molar-refractivity contribution is 9.09. The molecule has 0 aromatic carbocycles. The maximum atomic E-state index is 11.3. The van der Waals surface area contributed by atoms with Gasteiger partial charge in [0.2, 0.25) is 0 Å². The average molecular weight is 235 g/mol. The molecule has 0 bridgehead atoms. The molecule has 0 spiro atoms. The standard InChI is InChI=1S/C8H15BrN2O/c1-10-6-7-11(8(10)12)5-3-2-4-9/h2-7H2,1H3. The van der Waals surface area contributed by atoms with Gasteiger partial charge in [0.25, 0.3) is 0 Å². The molecule has 0 saturated carbocycles. The first kappa shape index (κ1) is 9.84. The van der Waals surface area contributed by atoms with Crippen LogP contribution in [0.5, 0.6) is 0 Å². The Bertz CT molecular complexity index is 163. The summed E-state index contributed by atoms with van der Waals surface area (Å²) in [5.74, 6) is 0. The van der Waals surface area contributed by atoms with Crippen molar-refractivity contribution in [2.45, 2.75) is 12.8 Å². The fourth-order valence-electron chi connectivity index (χ4n) is 1.31. The van der Waals surface area contributed by atoms with E-state index >= 15 is 0 Å². The molecular formula is C8H15BrN2O. The van der Waals surface area contributed by atoms with E-state index in [2.05, 4.69) is 15.9 Å². The number of likely N-dealkylation sites (N-methyl/N-ethyl adjacent to an activating group) is 1. The van der Waals surface area contributed by atoms with Gasteiger partial charge in [-0.15, -0.1) is 0 Å². The summed E-state index contributed by atoms with van der Waals surface area (Å²) in [6, 6.07) is 0.185. The van der Waals surface area contributed by atoms with Crippen molar-refractivity contribution in [3.05, 3.63) is 0 Å². The number of amides is 2. The summed E-state index contributed by atoms with van der Waals surface area (Å²) in [4.78, 5) is 15.0. The van der Waals surface area contributed by atoms with Crippen LogP contribution in [0.15, 0.2) is 0 Å². The summed E-state index contributed by atoms with van der Waals surface area (Å²) in [6.07, 6.45) is 2.25. The van der Waals surface area contributed by atoms with Gasteiger partial charge in [0.05, 0.1) is 0 Å². The average Bonchev–Trinajstić information content (AvgIpc) is 2.36. The molecule has 1 aliphatic heterocycles. The van der Waals surface area contributed by atoms with Gasteiger partial charge in [0, 0.05) is 32.0 Å². The van der Waals surface area contributed by atoms with Crippen molar-refractivity contribution >= 4 is 22.0 Å². The normalized spacial score (nSPS) is 17.7. The lowest BCUT2D eigenvalue weighted by atomic mass is 10.3. The van der Waals surface area contributed by atoms with Crippen LogP contribution in [0, 0.1) is 0 Å². The maximum Gasteiger partial charge on any atom is 0.319 e. The predicted octanol–water partition coefficient (Wildman–Crippen LogP) is 1.53. The van der Waals surface area contributed by atoms with Crippen LogP contribution in [0.25, 0.3) is 0 Å². The molecule has 2 amide bonds. The highest BCUT2D eigenvalue weighted by atomic mass is 79.9. The molecule has 1 saturated heterocycles. The van der Waals surface area contributed by atoms with E-state index in [4.69, 9.17) is 0 Å². The van der Waals surface area contributed by atoms with Gasteiger partial charge in [-0.2, -0.15) is 0 Å². The van der Waals surface area contributed by atoms with Gasteiger partial charge in [-0.25, -0.2) is 4.79 Å². The molecule has 1 rings (SSSR count). The largest absolute Gasteiger partial charge is 0.326 e. The molecule has 0 N–H and O–H groups in total. The Morgan fingerprint density at radius 3 is 2.67 bits per heavy atom. The minimum atomic E-state index is 0.185. The van der Waals surface area contributed by atoms with Crippen molar-refractivity contribution in [3.8, 4) is 0 Å². The highest BCUT2D eigenvalue weighted by Gasteiger charge is 2.23. The zero-order chi connectivity index (χ0) is 8.97. The Labute approximate surface area is 81.8 Å². The Morgan fingerprint density at radius 2 is 2.17 bits per heavy atom. The molecule has 0 aromatic rings. The number of alkyl halides is 1. The van der Waals surface area contributed by atoms with E-state index in [1.807, 2.05) is 11.9 Å². The molecule has 0 aromatic heterocycles. The molecule has 0 radical (unpaired) electrons. The summed E-state index contributed by atoms with van der Waals surface area (Å²) in [5.41, 5.74) is 0. The zero-order valence-electron chi connectivity index (χ0n) is 7.42. The summed E-state index contributed by atoms with van der Waals surface area (Å²) in [6.45, 7) is 2.69. The number of carbonyl (C=O) groups excluding carboxylic acids is 1. The smallest absolute Gasteiger partial charge is 0.319 e.